The predicted molar refractivity (Wildman–Crippen MR) is 142 cm³/mol. The Morgan fingerprint density at radius 3 is 1.97 bits per heavy atom. The van der Waals surface area contributed by atoms with Gasteiger partial charge in [-0.1, -0.05) is 74.5 Å². The van der Waals surface area contributed by atoms with E-state index in [1.54, 1.807) is 0 Å². The first-order chi connectivity index (χ1) is 16.1. The van der Waals surface area contributed by atoms with Crippen molar-refractivity contribution in [2.45, 2.75) is 46.4 Å². The molecule has 5 heteroatoms. The van der Waals surface area contributed by atoms with E-state index in [4.69, 9.17) is 9.47 Å². The van der Waals surface area contributed by atoms with E-state index in [9.17, 15) is 0 Å². The van der Waals surface area contributed by atoms with Gasteiger partial charge in [-0.15, -0.1) is 0 Å². The Bertz CT molecular complexity index is 1190. The fourth-order valence-corrected chi connectivity index (χ4v) is 4.49. The standard InChI is InChI=1S/C28H29IN2O2/c1-4-31-28(25(29)17-30-31)24-15-23(20(2)3)26(32-18-21-11-7-5-8-12-21)16-27(24)33-19-22-13-9-6-10-14-22/h5-17,20H,4,18-19H2,1-3H3. The zero-order valence-electron chi connectivity index (χ0n) is 19.3. The molecule has 0 aliphatic heterocycles. The minimum absolute atomic E-state index is 0.299. The van der Waals surface area contributed by atoms with Gasteiger partial charge in [0.15, 0.2) is 0 Å². The summed E-state index contributed by atoms with van der Waals surface area (Å²) in [6.07, 6.45) is 1.91. The van der Waals surface area contributed by atoms with Crippen LogP contribution in [0.5, 0.6) is 11.5 Å². The van der Waals surface area contributed by atoms with Crippen LogP contribution in [0.2, 0.25) is 0 Å². The van der Waals surface area contributed by atoms with Gasteiger partial charge >= 0.3 is 0 Å². The lowest BCUT2D eigenvalue weighted by Crippen LogP contribution is -2.06. The zero-order valence-corrected chi connectivity index (χ0v) is 21.5. The van der Waals surface area contributed by atoms with Gasteiger partial charge in [-0.2, -0.15) is 5.10 Å². The summed E-state index contributed by atoms with van der Waals surface area (Å²) in [4.78, 5) is 0. The molecule has 4 aromatic rings. The Morgan fingerprint density at radius 2 is 1.42 bits per heavy atom. The van der Waals surface area contributed by atoms with E-state index in [1.165, 1.54) is 0 Å². The number of ether oxygens (including phenoxy) is 2. The van der Waals surface area contributed by atoms with Crippen LogP contribution in [-0.4, -0.2) is 9.78 Å². The first kappa shape index (κ1) is 23.4. The molecule has 1 heterocycles. The Balaban J connectivity index is 1.76. The van der Waals surface area contributed by atoms with Gasteiger partial charge in [0, 0.05) is 18.2 Å². The summed E-state index contributed by atoms with van der Waals surface area (Å²) in [6.45, 7) is 8.30. The van der Waals surface area contributed by atoms with Gasteiger partial charge in [-0.05, 0) is 58.2 Å². The molecule has 0 N–H and O–H groups in total. The molecule has 0 saturated carbocycles. The Morgan fingerprint density at radius 1 is 0.848 bits per heavy atom. The van der Waals surface area contributed by atoms with Crippen LogP contribution in [0.3, 0.4) is 0 Å². The van der Waals surface area contributed by atoms with Crippen molar-refractivity contribution < 1.29 is 9.47 Å². The number of hydrogen-bond donors (Lipinski definition) is 0. The smallest absolute Gasteiger partial charge is 0.132 e. The molecule has 0 atom stereocenters. The monoisotopic (exact) mass is 552 g/mol. The molecule has 0 amide bonds. The Labute approximate surface area is 209 Å². The van der Waals surface area contributed by atoms with E-state index in [2.05, 4.69) is 84.9 Å². The van der Waals surface area contributed by atoms with Gasteiger partial charge in [-0.3, -0.25) is 4.68 Å². The number of aryl methyl sites for hydroxylation is 1. The molecule has 0 aliphatic carbocycles. The molecule has 33 heavy (non-hydrogen) atoms. The fourth-order valence-electron chi connectivity index (χ4n) is 3.80. The second kappa shape index (κ2) is 10.9. The summed E-state index contributed by atoms with van der Waals surface area (Å²) >= 11 is 2.36. The van der Waals surface area contributed by atoms with Crippen molar-refractivity contribution in [3.63, 3.8) is 0 Å². The van der Waals surface area contributed by atoms with Crippen LogP contribution in [0.1, 0.15) is 43.4 Å². The van der Waals surface area contributed by atoms with Crippen LogP contribution in [0.15, 0.2) is 79.0 Å². The van der Waals surface area contributed by atoms with E-state index >= 15 is 0 Å². The zero-order chi connectivity index (χ0) is 23.2. The van der Waals surface area contributed by atoms with Crippen LogP contribution in [0, 0.1) is 3.57 Å². The molecular weight excluding hydrogens is 523 g/mol. The largest absolute Gasteiger partial charge is 0.488 e. The van der Waals surface area contributed by atoms with Gasteiger partial charge in [0.05, 0.1) is 15.5 Å². The molecule has 0 aliphatic rings. The van der Waals surface area contributed by atoms with Crippen molar-refractivity contribution in [3.05, 3.63) is 99.3 Å². The highest BCUT2D eigenvalue weighted by Gasteiger charge is 2.21. The molecule has 0 unspecified atom stereocenters. The highest BCUT2D eigenvalue weighted by Crippen LogP contribution is 2.41. The fraction of sp³-hybridized carbons (Fsp3) is 0.250. The van der Waals surface area contributed by atoms with Gasteiger partial charge in [0.2, 0.25) is 0 Å². The first-order valence-electron chi connectivity index (χ1n) is 11.3. The highest BCUT2D eigenvalue weighted by molar-refractivity contribution is 14.1. The topological polar surface area (TPSA) is 36.3 Å². The van der Waals surface area contributed by atoms with Crippen molar-refractivity contribution >= 4 is 22.6 Å². The molecule has 1 aromatic heterocycles. The second-order valence-electron chi connectivity index (χ2n) is 8.25. The van der Waals surface area contributed by atoms with Gasteiger partial charge in [0.1, 0.15) is 24.7 Å². The molecule has 0 spiro atoms. The normalized spacial score (nSPS) is 11.1. The summed E-state index contributed by atoms with van der Waals surface area (Å²) in [5, 5.41) is 4.57. The lowest BCUT2D eigenvalue weighted by molar-refractivity contribution is 0.288. The summed E-state index contributed by atoms with van der Waals surface area (Å²) in [7, 11) is 0. The number of benzene rings is 3. The first-order valence-corrected chi connectivity index (χ1v) is 12.4. The quantitative estimate of drug-likeness (QED) is 0.202. The van der Waals surface area contributed by atoms with E-state index in [0.29, 0.717) is 19.1 Å². The van der Waals surface area contributed by atoms with Crippen molar-refractivity contribution in [1.29, 1.82) is 0 Å². The van der Waals surface area contributed by atoms with Crippen molar-refractivity contribution in [2.24, 2.45) is 0 Å². The third-order valence-electron chi connectivity index (χ3n) is 5.56. The molecule has 3 aromatic carbocycles. The predicted octanol–water partition coefficient (Wildman–Crippen LogP) is 7.46. The molecule has 0 bridgehead atoms. The minimum Gasteiger partial charge on any atom is -0.488 e. The summed E-state index contributed by atoms with van der Waals surface area (Å²) in [5.41, 5.74) is 5.55. The summed E-state index contributed by atoms with van der Waals surface area (Å²) < 4.78 is 15.9. The molecule has 0 saturated heterocycles. The number of nitrogens with zero attached hydrogens (tertiary/aromatic N) is 2. The van der Waals surface area contributed by atoms with Crippen LogP contribution in [-0.2, 0) is 19.8 Å². The SMILES string of the molecule is CCn1ncc(I)c1-c1cc(C(C)C)c(OCc2ccccc2)cc1OCc1ccccc1. The maximum atomic E-state index is 6.40. The Kier molecular flexibility index (Phi) is 7.70. The lowest BCUT2D eigenvalue weighted by atomic mass is 9.97. The molecule has 0 fully saturated rings. The van der Waals surface area contributed by atoms with Gasteiger partial charge in [-0.25, -0.2) is 0 Å². The van der Waals surface area contributed by atoms with Crippen LogP contribution in [0.25, 0.3) is 11.3 Å². The number of aromatic nitrogens is 2. The molecule has 4 rings (SSSR count). The maximum absolute atomic E-state index is 6.40. The number of rotatable bonds is 9. The summed E-state index contributed by atoms with van der Waals surface area (Å²) in [6, 6.07) is 24.8. The average molecular weight is 552 g/mol. The molecule has 0 radical (unpaired) electrons. The maximum Gasteiger partial charge on any atom is 0.132 e. The number of hydrogen-bond acceptors (Lipinski definition) is 3. The van der Waals surface area contributed by atoms with E-state index < -0.39 is 0 Å². The summed E-state index contributed by atoms with van der Waals surface area (Å²) in [5.74, 6) is 1.96. The molecule has 4 nitrogen and oxygen atoms in total. The van der Waals surface area contributed by atoms with Crippen LogP contribution >= 0.6 is 22.6 Å². The average Bonchev–Trinajstić information content (AvgIpc) is 3.22. The van der Waals surface area contributed by atoms with Crippen LogP contribution in [0.4, 0.5) is 0 Å². The van der Waals surface area contributed by atoms with Crippen molar-refractivity contribution in [1.82, 2.24) is 9.78 Å². The van der Waals surface area contributed by atoms with Gasteiger partial charge < -0.3 is 9.47 Å². The van der Waals surface area contributed by atoms with Crippen molar-refractivity contribution in [3.8, 4) is 22.8 Å². The third-order valence-corrected chi connectivity index (χ3v) is 6.35. The third kappa shape index (κ3) is 5.58. The molecular formula is C28H29IN2O2. The number of halogens is 1. The van der Waals surface area contributed by atoms with E-state index in [-0.39, 0.29) is 0 Å². The Hall–Kier alpha value is -2.80. The van der Waals surface area contributed by atoms with E-state index in [1.807, 2.05) is 47.3 Å². The van der Waals surface area contributed by atoms with Gasteiger partial charge in [0.25, 0.3) is 0 Å². The van der Waals surface area contributed by atoms with E-state index in [0.717, 1.165) is 49.6 Å². The minimum atomic E-state index is 0.299. The highest BCUT2D eigenvalue weighted by atomic mass is 127. The molecule has 170 valence electrons. The van der Waals surface area contributed by atoms with Crippen LogP contribution < -0.4 is 9.47 Å². The lowest BCUT2D eigenvalue weighted by Gasteiger charge is -2.20. The second-order valence-corrected chi connectivity index (χ2v) is 9.41. The van der Waals surface area contributed by atoms with Crippen molar-refractivity contribution in [2.75, 3.05) is 0 Å².